The molecule has 0 aliphatic carbocycles. The van der Waals surface area contributed by atoms with Crippen LogP contribution in [0.2, 0.25) is 0 Å². The van der Waals surface area contributed by atoms with Crippen molar-refractivity contribution in [1.82, 2.24) is 0 Å². The number of halogens is 6. The van der Waals surface area contributed by atoms with Gasteiger partial charge >= 0.3 is 18.3 Å². The average molecular weight is 272 g/mol. The highest BCUT2D eigenvalue weighted by Crippen LogP contribution is 2.40. The molecule has 8 heteroatoms. The van der Waals surface area contributed by atoms with E-state index in [1.165, 1.54) is 18.2 Å². The van der Waals surface area contributed by atoms with Crippen LogP contribution in [-0.4, -0.2) is 18.3 Å². The van der Waals surface area contributed by atoms with Crippen molar-refractivity contribution in [2.24, 2.45) is 5.92 Å². The van der Waals surface area contributed by atoms with Crippen LogP contribution in [0.1, 0.15) is 0 Å². The fourth-order valence-electron chi connectivity index (χ4n) is 1.12. The van der Waals surface area contributed by atoms with Crippen LogP contribution in [0.15, 0.2) is 30.3 Å². The van der Waals surface area contributed by atoms with Gasteiger partial charge in [-0.3, -0.25) is 4.79 Å². The zero-order valence-corrected chi connectivity index (χ0v) is 8.55. The summed E-state index contributed by atoms with van der Waals surface area (Å²) in [7, 11) is 0. The monoisotopic (exact) mass is 272 g/mol. The maximum absolute atomic E-state index is 12.1. The quantitative estimate of drug-likeness (QED) is 0.469. The van der Waals surface area contributed by atoms with Gasteiger partial charge in [-0.1, -0.05) is 18.2 Å². The number of benzene rings is 1. The molecule has 0 heterocycles. The van der Waals surface area contributed by atoms with E-state index in [0.717, 1.165) is 12.1 Å². The molecule has 0 aliphatic rings. The Balaban J connectivity index is 2.92. The summed E-state index contributed by atoms with van der Waals surface area (Å²) >= 11 is 0. The van der Waals surface area contributed by atoms with Gasteiger partial charge in [-0.05, 0) is 12.1 Å². The van der Waals surface area contributed by atoms with Crippen molar-refractivity contribution in [3.63, 3.8) is 0 Å². The number of esters is 1. The molecule has 0 aromatic heterocycles. The molecule has 100 valence electrons. The van der Waals surface area contributed by atoms with E-state index in [1.54, 1.807) is 0 Å². The fraction of sp³-hybridized carbons (Fsp3) is 0.300. The predicted octanol–water partition coefficient (Wildman–Crippen LogP) is 3.33. The third-order valence-electron chi connectivity index (χ3n) is 1.85. The van der Waals surface area contributed by atoms with Crippen molar-refractivity contribution >= 4 is 5.97 Å². The zero-order chi connectivity index (χ0) is 14.0. The Kier molecular flexibility index (Phi) is 3.88. The molecule has 1 aromatic carbocycles. The lowest BCUT2D eigenvalue weighted by Crippen LogP contribution is -2.44. The molecule has 0 amide bonds. The molecule has 0 atom stereocenters. The van der Waals surface area contributed by atoms with Crippen molar-refractivity contribution in [2.75, 3.05) is 0 Å². The van der Waals surface area contributed by atoms with E-state index < -0.39 is 24.2 Å². The molecule has 0 bridgehead atoms. The first-order valence-electron chi connectivity index (χ1n) is 4.52. The summed E-state index contributed by atoms with van der Waals surface area (Å²) in [6, 6.07) is 6.21. The molecule has 1 rings (SSSR count). The Morgan fingerprint density at radius 1 is 0.944 bits per heavy atom. The SMILES string of the molecule is O=C(Oc1ccccc1)C(C(F)(F)F)C(F)(F)F. The molecule has 0 N–H and O–H groups in total. The molecule has 0 spiro atoms. The second-order valence-corrected chi connectivity index (χ2v) is 3.25. The van der Waals surface area contributed by atoms with Crippen LogP contribution in [0.25, 0.3) is 0 Å². The van der Waals surface area contributed by atoms with Crippen LogP contribution in [0, 0.1) is 5.92 Å². The second kappa shape index (κ2) is 4.87. The van der Waals surface area contributed by atoms with Gasteiger partial charge in [-0.15, -0.1) is 0 Å². The third-order valence-corrected chi connectivity index (χ3v) is 1.85. The Morgan fingerprint density at radius 3 is 1.78 bits per heavy atom. The average Bonchev–Trinajstić information content (AvgIpc) is 2.13. The number of hydrogen-bond acceptors (Lipinski definition) is 2. The highest BCUT2D eigenvalue weighted by atomic mass is 19.4. The first kappa shape index (κ1) is 14.3. The Morgan fingerprint density at radius 2 is 1.39 bits per heavy atom. The number of ether oxygens (including phenoxy) is 1. The van der Waals surface area contributed by atoms with Gasteiger partial charge in [-0.25, -0.2) is 0 Å². The largest absolute Gasteiger partial charge is 0.426 e. The standard InChI is InChI=1S/C10H6F6O2/c11-9(12,13)7(10(14,15)16)8(17)18-6-4-2-1-3-5-6/h1-5,7H. The van der Waals surface area contributed by atoms with Crippen molar-refractivity contribution in [1.29, 1.82) is 0 Å². The summed E-state index contributed by atoms with van der Waals surface area (Å²) in [6.07, 6.45) is -11.5. The fourth-order valence-corrected chi connectivity index (χ4v) is 1.12. The van der Waals surface area contributed by atoms with E-state index >= 15 is 0 Å². The van der Waals surface area contributed by atoms with Gasteiger partial charge in [0.15, 0.2) is 0 Å². The van der Waals surface area contributed by atoms with Gasteiger partial charge in [0, 0.05) is 0 Å². The van der Waals surface area contributed by atoms with Crippen molar-refractivity contribution in [2.45, 2.75) is 12.4 Å². The maximum Gasteiger partial charge on any atom is 0.411 e. The van der Waals surface area contributed by atoms with E-state index in [1.807, 2.05) is 0 Å². The molecule has 18 heavy (non-hydrogen) atoms. The summed E-state index contributed by atoms with van der Waals surface area (Å²) in [5.74, 6) is -6.94. The lowest BCUT2D eigenvalue weighted by molar-refractivity contribution is -0.279. The summed E-state index contributed by atoms with van der Waals surface area (Å²) in [5, 5.41) is 0. The Labute approximate surface area is 97.2 Å². The summed E-state index contributed by atoms with van der Waals surface area (Å²) in [6.45, 7) is 0. The minimum Gasteiger partial charge on any atom is -0.426 e. The van der Waals surface area contributed by atoms with Crippen LogP contribution in [0.5, 0.6) is 5.75 Å². The van der Waals surface area contributed by atoms with Crippen LogP contribution < -0.4 is 4.74 Å². The Bertz CT molecular complexity index is 395. The van der Waals surface area contributed by atoms with Crippen LogP contribution in [-0.2, 0) is 4.79 Å². The molecule has 1 aromatic rings. The summed E-state index contributed by atoms with van der Waals surface area (Å²) in [5.41, 5.74) is 0. The molecule has 0 aliphatic heterocycles. The van der Waals surface area contributed by atoms with Gasteiger partial charge in [0.2, 0.25) is 5.92 Å². The molecular weight excluding hydrogens is 266 g/mol. The number of carbonyl (C=O) groups is 1. The van der Waals surface area contributed by atoms with E-state index in [2.05, 4.69) is 4.74 Å². The van der Waals surface area contributed by atoms with Crippen molar-refractivity contribution in [3.8, 4) is 5.75 Å². The number of para-hydroxylation sites is 1. The molecule has 0 saturated heterocycles. The maximum atomic E-state index is 12.1. The van der Waals surface area contributed by atoms with Crippen LogP contribution in [0.4, 0.5) is 26.3 Å². The molecule has 2 nitrogen and oxygen atoms in total. The topological polar surface area (TPSA) is 26.3 Å². The lowest BCUT2D eigenvalue weighted by atomic mass is 10.1. The Hall–Kier alpha value is -1.73. The summed E-state index contributed by atoms with van der Waals surface area (Å²) < 4.78 is 76.9. The second-order valence-electron chi connectivity index (χ2n) is 3.25. The first-order chi connectivity index (χ1) is 8.12. The minimum atomic E-state index is -5.75. The van der Waals surface area contributed by atoms with E-state index in [9.17, 15) is 31.1 Å². The highest BCUT2D eigenvalue weighted by molar-refractivity contribution is 5.76. The zero-order valence-electron chi connectivity index (χ0n) is 8.55. The van der Waals surface area contributed by atoms with Gasteiger partial charge in [0.25, 0.3) is 0 Å². The molecule has 0 unspecified atom stereocenters. The predicted molar refractivity (Wildman–Crippen MR) is 47.7 cm³/mol. The molecule has 0 fully saturated rings. The molecule has 0 radical (unpaired) electrons. The summed E-state index contributed by atoms with van der Waals surface area (Å²) in [4.78, 5) is 10.9. The van der Waals surface area contributed by atoms with Gasteiger partial charge in [0.05, 0.1) is 0 Å². The van der Waals surface area contributed by atoms with E-state index in [0.29, 0.717) is 0 Å². The van der Waals surface area contributed by atoms with Crippen LogP contribution in [0.3, 0.4) is 0 Å². The highest BCUT2D eigenvalue weighted by Gasteiger charge is 2.62. The third kappa shape index (κ3) is 3.64. The number of carbonyl (C=O) groups excluding carboxylic acids is 1. The smallest absolute Gasteiger partial charge is 0.411 e. The number of alkyl halides is 6. The minimum absolute atomic E-state index is 0.388. The van der Waals surface area contributed by atoms with Crippen molar-refractivity contribution < 1.29 is 35.9 Å². The van der Waals surface area contributed by atoms with Gasteiger partial charge < -0.3 is 4.74 Å². The van der Waals surface area contributed by atoms with E-state index in [-0.39, 0.29) is 5.75 Å². The molecule has 0 saturated carbocycles. The van der Waals surface area contributed by atoms with E-state index in [4.69, 9.17) is 0 Å². The number of hydrogen-bond donors (Lipinski definition) is 0. The van der Waals surface area contributed by atoms with Gasteiger partial charge in [-0.2, -0.15) is 26.3 Å². The lowest BCUT2D eigenvalue weighted by Gasteiger charge is -2.21. The number of rotatable bonds is 2. The normalized spacial score (nSPS) is 12.6. The van der Waals surface area contributed by atoms with Crippen molar-refractivity contribution in [3.05, 3.63) is 30.3 Å². The first-order valence-corrected chi connectivity index (χ1v) is 4.52. The molecular formula is C10H6F6O2. The van der Waals surface area contributed by atoms with Crippen LogP contribution >= 0.6 is 0 Å². The van der Waals surface area contributed by atoms with Gasteiger partial charge in [0.1, 0.15) is 5.75 Å².